The van der Waals surface area contributed by atoms with E-state index in [1.807, 2.05) is 182 Å². The van der Waals surface area contributed by atoms with Crippen LogP contribution in [0, 0.1) is 0 Å². The van der Waals surface area contributed by atoms with Crippen LogP contribution in [0.5, 0.6) is 0 Å². The van der Waals surface area contributed by atoms with E-state index in [1.165, 1.54) is 32.3 Å². The van der Waals surface area contributed by atoms with Gasteiger partial charge in [-0.3, -0.25) is 0 Å². The molecule has 14 heteroatoms. The summed E-state index contributed by atoms with van der Waals surface area (Å²) >= 11 is 7.42. The fraction of sp³-hybridized carbons (Fsp3) is 0. The van der Waals surface area contributed by atoms with Crippen LogP contribution < -0.4 is 5.72 Å². The van der Waals surface area contributed by atoms with Gasteiger partial charge in [0.2, 0.25) is 0 Å². The number of nitrogens with zero attached hydrogens (tertiary/aromatic N) is 9. The van der Waals surface area contributed by atoms with Gasteiger partial charge in [0.1, 0.15) is 0 Å². The van der Waals surface area contributed by atoms with Crippen LogP contribution in [-0.4, -0.2) is 62.0 Å². The molecule has 0 radical (unpaired) electrons. The molecule has 0 saturated carbocycles. The zero-order valence-corrected chi connectivity index (χ0v) is 53.8. The van der Waals surface area contributed by atoms with E-state index < -0.39 is 7.12 Å². The maximum absolute atomic E-state index is 9.37. The van der Waals surface area contributed by atoms with Gasteiger partial charge in [-0.2, -0.15) is 0 Å². The maximum atomic E-state index is 9.37. The van der Waals surface area contributed by atoms with Gasteiger partial charge in [-0.15, -0.1) is 0 Å². The molecule has 0 unspecified atom stereocenters. The number of hydrogen-bond acceptors (Lipinski definition) is 11. The van der Waals surface area contributed by atoms with Crippen LogP contribution in [0.4, 0.5) is 0 Å². The monoisotopic (exact) mass is 1390 g/mol. The van der Waals surface area contributed by atoms with Crippen LogP contribution in [0.25, 0.3) is 156 Å². The molecule has 17 rings (SSSR count). The van der Waals surface area contributed by atoms with Crippen LogP contribution in [0.3, 0.4) is 0 Å². The Morgan fingerprint density at radius 2 is 0.411 bits per heavy atom. The quantitative estimate of drug-likeness (QED) is 0.105. The zero-order valence-electron chi connectivity index (χ0n) is 50.6. The Bertz CT molecular complexity index is 5290. The van der Waals surface area contributed by atoms with Crippen LogP contribution >= 0.6 is 31.9 Å². The molecule has 17 aromatic rings. The summed E-state index contributed by atoms with van der Waals surface area (Å²) in [5.74, 6) is 4.56. The van der Waals surface area contributed by atoms with Gasteiger partial charge in [0.05, 0.1) is 0 Å². The summed E-state index contributed by atoms with van der Waals surface area (Å²) in [5, 5.41) is 32.8. The van der Waals surface area contributed by atoms with E-state index in [9.17, 15) is 10.0 Å². The summed E-state index contributed by atoms with van der Waals surface area (Å²) in [5.41, 5.74) is 7.11. The lowest BCUT2D eigenvalue weighted by Gasteiger charge is -2.16. The molecule has 0 aliphatic heterocycles. The zero-order chi connectivity index (χ0) is 64.2. The molecule has 0 fully saturated rings. The summed E-state index contributed by atoms with van der Waals surface area (Å²) < 4.78 is 2.29. The predicted octanol–water partition coefficient (Wildman–Crippen LogP) is 23.7. The van der Waals surface area contributed by atoms with Gasteiger partial charge >= 0.3 is 7.12 Å². The Balaban J connectivity index is -0.000000560. The van der Waals surface area contributed by atoms with Crippen LogP contribution in [0.2, 0.25) is 0 Å². The van der Waals surface area contributed by atoms with Gasteiger partial charge in [-0.25, -0.2) is 44.9 Å². The van der Waals surface area contributed by atoms with Crippen LogP contribution in [-0.2, 0) is 0 Å². The van der Waals surface area contributed by atoms with Crippen LogP contribution in [0.15, 0.2) is 312 Å². The summed E-state index contributed by atoms with van der Waals surface area (Å²) in [7, 11) is -1.74. The molecule has 0 saturated heterocycles. The van der Waals surface area contributed by atoms with Gasteiger partial charge in [-0.05, 0) is 88.9 Å². The lowest BCUT2D eigenvalue weighted by atomic mass is 9.90. The standard InChI is InChI=1S/C48H30N6.C18H10Br2.C15H12BN3O2.19H2/c1-5-17-31(18-6-1)43-49-44(32-19-7-2-8-20-32)52-47(51-43)41-29-39-36-26-14-16-28-38(36)42(30-40(39)35-25-13-15-27-37(35)41)48-53-45(33-21-9-3-10-22-33)50-46(54-48)34-23-11-4-12-24-34;19-17-10-16-12-6-2-4-8-14(12)18(20)9-15(16)11-5-1-3-7-13(11)17;20-16(21)15-18-13(11-7-3-1-4-8-11)17-14(19-15)12-9-5-2-6-10-12;;;;;;;;;;;;;;;;;;;/h1-30H;1-10H;1-10,20-21H;19*1H. The number of halogens is 2. The highest BCUT2D eigenvalue weighted by Crippen LogP contribution is 2.43. The molecule has 95 heavy (non-hydrogen) atoms. The minimum absolute atomic E-state index is 0. The van der Waals surface area contributed by atoms with E-state index in [1.54, 1.807) is 0 Å². The van der Waals surface area contributed by atoms with Crippen molar-refractivity contribution in [2.45, 2.75) is 0 Å². The molecular formula is C81H90BBr2N9O2. The minimum atomic E-state index is -1.74. The third kappa shape index (κ3) is 12.3. The number of aromatic nitrogens is 9. The minimum Gasteiger partial charge on any atom is -0.421 e. The van der Waals surface area contributed by atoms with Crippen molar-refractivity contribution in [1.82, 2.24) is 44.9 Å². The summed E-state index contributed by atoms with van der Waals surface area (Å²) in [6, 6.07) is 102. The van der Waals surface area contributed by atoms with E-state index >= 15 is 0 Å². The van der Waals surface area contributed by atoms with Crippen molar-refractivity contribution >= 4 is 109 Å². The molecule has 0 aliphatic carbocycles. The molecule has 488 valence electrons. The van der Waals surface area contributed by atoms with Crippen molar-refractivity contribution in [3.63, 3.8) is 0 Å². The van der Waals surface area contributed by atoms with E-state index in [-0.39, 0.29) is 32.8 Å². The van der Waals surface area contributed by atoms with Crippen molar-refractivity contribution in [2.24, 2.45) is 0 Å². The van der Waals surface area contributed by atoms with Gasteiger partial charge in [-0.1, -0.05) is 311 Å². The molecule has 14 aromatic carbocycles. The van der Waals surface area contributed by atoms with Crippen LogP contribution in [0.1, 0.15) is 27.1 Å². The molecule has 3 heterocycles. The first-order valence-corrected chi connectivity index (χ1v) is 32.4. The normalized spacial score (nSPS) is 11.2. The lowest BCUT2D eigenvalue weighted by Crippen LogP contribution is -2.36. The Morgan fingerprint density at radius 1 is 0.211 bits per heavy atom. The van der Waals surface area contributed by atoms with Gasteiger partial charge in [0.15, 0.2) is 52.3 Å². The molecule has 0 amide bonds. The third-order valence-corrected chi connectivity index (χ3v) is 17.8. The largest absolute Gasteiger partial charge is 0.528 e. The number of hydrogen-bond donors (Lipinski definition) is 2. The molecule has 0 aliphatic rings. The summed E-state index contributed by atoms with van der Waals surface area (Å²) in [6.45, 7) is 0. The van der Waals surface area contributed by atoms with E-state index in [0.29, 0.717) is 46.6 Å². The number of rotatable bonds is 9. The highest BCUT2D eigenvalue weighted by Gasteiger charge is 2.23. The average molecular weight is 1390 g/mol. The van der Waals surface area contributed by atoms with E-state index in [0.717, 1.165) is 85.8 Å². The van der Waals surface area contributed by atoms with Gasteiger partial charge in [0.25, 0.3) is 0 Å². The number of benzene rings is 14. The SMILES string of the molecule is Brc1cc2c3ccccc3c(Br)cc2c2ccccc12.OB(O)c1nc(-c2ccccc2)nc(-c2ccccc2)n1.[HH].[HH].[HH].[HH].[HH].[HH].[HH].[HH].[HH].[HH].[HH].[HH].[HH].[HH].[HH].[HH].[HH].[HH].[HH].c1ccc(-c2nc(-c3ccccc3)nc(-c3cc4c5ccccc5c(-c5nc(-c6ccccc6)nc(-c6ccccc6)n5)cc4c4ccccc34)n2)cc1. The molecule has 2 N–H and O–H groups in total. The van der Waals surface area contributed by atoms with Gasteiger partial charge in [0, 0.05) is 80.6 Å². The summed E-state index contributed by atoms with van der Waals surface area (Å²) in [6.07, 6.45) is 0. The van der Waals surface area contributed by atoms with E-state index in [2.05, 4.69) is 168 Å². The number of fused-ring (bicyclic) bond motifs is 10. The second-order valence-corrected chi connectivity index (χ2v) is 24.2. The van der Waals surface area contributed by atoms with E-state index in [4.69, 9.17) is 29.9 Å². The Morgan fingerprint density at radius 3 is 0.674 bits per heavy atom. The molecule has 0 spiro atoms. The topological polar surface area (TPSA) is 156 Å². The van der Waals surface area contributed by atoms with Crippen molar-refractivity contribution in [3.8, 4) is 91.1 Å². The Kier molecular flexibility index (Phi) is 16.8. The Hall–Kier alpha value is -11.4. The first-order chi connectivity index (χ1) is 46.8. The molecule has 3 aromatic heterocycles. The van der Waals surface area contributed by atoms with Crippen molar-refractivity contribution in [1.29, 1.82) is 0 Å². The Labute approximate surface area is 592 Å². The molecule has 11 nitrogen and oxygen atoms in total. The highest BCUT2D eigenvalue weighted by atomic mass is 79.9. The smallest absolute Gasteiger partial charge is 0.421 e. The fourth-order valence-electron chi connectivity index (χ4n) is 12.0. The van der Waals surface area contributed by atoms with Crippen molar-refractivity contribution in [2.75, 3.05) is 0 Å². The molecule has 0 bridgehead atoms. The maximum Gasteiger partial charge on any atom is 0.528 e. The van der Waals surface area contributed by atoms with Crippen molar-refractivity contribution < 1.29 is 37.2 Å². The second-order valence-electron chi connectivity index (χ2n) is 22.5. The summed E-state index contributed by atoms with van der Waals surface area (Å²) in [4.78, 5) is 43.0. The average Bonchev–Trinajstić information content (AvgIpc) is 0.735. The fourth-order valence-corrected chi connectivity index (χ4v) is 13.1. The molecular weight excluding hydrogens is 1300 g/mol. The lowest BCUT2D eigenvalue weighted by molar-refractivity contribution is 0.422. The first-order valence-electron chi connectivity index (χ1n) is 30.8. The second kappa shape index (κ2) is 26.7. The molecule has 0 atom stereocenters. The third-order valence-electron chi connectivity index (χ3n) is 16.5. The predicted molar refractivity (Wildman–Crippen MR) is 433 cm³/mol. The highest BCUT2D eigenvalue weighted by molar-refractivity contribution is 9.11. The van der Waals surface area contributed by atoms with Gasteiger partial charge < -0.3 is 10.0 Å². The first kappa shape index (κ1) is 59.9. The van der Waals surface area contributed by atoms with Crippen molar-refractivity contribution in [3.05, 3.63) is 312 Å².